The Balaban J connectivity index is 2.49. The monoisotopic (exact) mass is 337 g/mol. The summed E-state index contributed by atoms with van der Waals surface area (Å²) in [4.78, 5) is 23.5. The summed E-state index contributed by atoms with van der Waals surface area (Å²) in [6.45, 7) is 6.34. The summed E-state index contributed by atoms with van der Waals surface area (Å²) in [6.07, 6.45) is 0. The maximum atomic E-state index is 11.8. The van der Waals surface area contributed by atoms with Crippen LogP contribution in [0.3, 0.4) is 0 Å². The molecule has 0 fully saturated rings. The van der Waals surface area contributed by atoms with Gasteiger partial charge in [-0.1, -0.05) is 19.9 Å². The zero-order valence-electron chi connectivity index (χ0n) is 14.7. The Morgan fingerprint density at radius 1 is 1.21 bits per heavy atom. The quantitative estimate of drug-likeness (QED) is 0.619. The SMILES string of the molecule is CCOc1cc(CNC(=O)CNC(=O)[C@@H](N)C(C)C)ccc1OC. The fourth-order valence-corrected chi connectivity index (χ4v) is 1.95. The van der Waals surface area contributed by atoms with E-state index in [9.17, 15) is 9.59 Å². The predicted molar refractivity (Wildman–Crippen MR) is 91.8 cm³/mol. The van der Waals surface area contributed by atoms with Crippen molar-refractivity contribution in [3.05, 3.63) is 23.8 Å². The van der Waals surface area contributed by atoms with Gasteiger partial charge in [0.15, 0.2) is 11.5 Å². The molecule has 4 N–H and O–H groups in total. The predicted octanol–water partition coefficient (Wildman–Crippen LogP) is 0.810. The fourth-order valence-electron chi connectivity index (χ4n) is 1.95. The van der Waals surface area contributed by atoms with Gasteiger partial charge < -0.3 is 25.8 Å². The topological polar surface area (TPSA) is 103 Å². The number of hydrogen-bond donors (Lipinski definition) is 3. The number of carbonyl (C=O) groups is 2. The molecule has 0 bridgehead atoms. The van der Waals surface area contributed by atoms with Crippen molar-refractivity contribution < 1.29 is 19.1 Å². The second kappa shape index (κ2) is 9.77. The number of ether oxygens (including phenoxy) is 2. The van der Waals surface area contributed by atoms with Gasteiger partial charge >= 0.3 is 0 Å². The Morgan fingerprint density at radius 3 is 2.50 bits per heavy atom. The van der Waals surface area contributed by atoms with Crippen molar-refractivity contribution in [2.45, 2.75) is 33.4 Å². The molecule has 24 heavy (non-hydrogen) atoms. The third-order valence-electron chi connectivity index (χ3n) is 3.46. The number of carbonyl (C=O) groups excluding carboxylic acids is 2. The third kappa shape index (κ3) is 6.08. The summed E-state index contributed by atoms with van der Waals surface area (Å²) in [7, 11) is 1.57. The van der Waals surface area contributed by atoms with E-state index in [1.54, 1.807) is 13.2 Å². The average molecular weight is 337 g/mol. The fraction of sp³-hybridized carbons (Fsp3) is 0.529. The maximum Gasteiger partial charge on any atom is 0.239 e. The highest BCUT2D eigenvalue weighted by Gasteiger charge is 2.17. The molecule has 0 aliphatic rings. The highest BCUT2D eigenvalue weighted by Crippen LogP contribution is 2.27. The first-order valence-corrected chi connectivity index (χ1v) is 7.98. The molecule has 0 radical (unpaired) electrons. The van der Waals surface area contributed by atoms with Crippen molar-refractivity contribution in [2.75, 3.05) is 20.3 Å². The van der Waals surface area contributed by atoms with E-state index < -0.39 is 6.04 Å². The van der Waals surface area contributed by atoms with Crippen LogP contribution in [0.15, 0.2) is 18.2 Å². The third-order valence-corrected chi connectivity index (χ3v) is 3.46. The van der Waals surface area contributed by atoms with Gasteiger partial charge in [0.05, 0.1) is 26.3 Å². The Morgan fingerprint density at radius 2 is 1.92 bits per heavy atom. The first kappa shape index (κ1) is 19.8. The molecule has 0 spiro atoms. The molecule has 0 aromatic heterocycles. The smallest absolute Gasteiger partial charge is 0.239 e. The molecule has 7 nitrogen and oxygen atoms in total. The van der Waals surface area contributed by atoms with E-state index >= 15 is 0 Å². The largest absolute Gasteiger partial charge is 0.493 e. The van der Waals surface area contributed by atoms with Gasteiger partial charge in [0.25, 0.3) is 0 Å². The molecule has 1 rings (SSSR count). The molecule has 1 aromatic carbocycles. The van der Waals surface area contributed by atoms with Gasteiger partial charge in [-0.25, -0.2) is 0 Å². The van der Waals surface area contributed by atoms with E-state index in [0.717, 1.165) is 5.56 Å². The van der Waals surface area contributed by atoms with E-state index in [1.165, 1.54) is 0 Å². The van der Waals surface area contributed by atoms with Crippen LogP contribution in [0, 0.1) is 5.92 Å². The van der Waals surface area contributed by atoms with Crippen LogP contribution in [0.2, 0.25) is 0 Å². The lowest BCUT2D eigenvalue weighted by molar-refractivity contribution is -0.127. The van der Waals surface area contributed by atoms with Crippen LogP contribution in [0.5, 0.6) is 11.5 Å². The van der Waals surface area contributed by atoms with Crippen molar-refractivity contribution in [2.24, 2.45) is 11.7 Å². The van der Waals surface area contributed by atoms with E-state index in [0.29, 0.717) is 24.7 Å². The number of amides is 2. The minimum Gasteiger partial charge on any atom is -0.493 e. The summed E-state index contributed by atoms with van der Waals surface area (Å²) in [5.41, 5.74) is 6.59. The van der Waals surface area contributed by atoms with E-state index in [1.807, 2.05) is 32.9 Å². The highest BCUT2D eigenvalue weighted by molar-refractivity contribution is 5.87. The van der Waals surface area contributed by atoms with Gasteiger partial charge in [-0.3, -0.25) is 9.59 Å². The van der Waals surface area contributed by atoms with Crippen LogP contribution in [-0.2, 0) is 16.1 Å². The molecule has 0 heterocycles. The normalized spacial score (nSPS) is 11.8. The summed E-state index contributed by atoms with van der Waals surface area (Å²) in [5.74, 6) is 0.672. The number of nitrogens with one attached hydrogen (secondary N) is 2. The molecule has 0 saturated carbocycles. The van der Waals surface area contributed by atoms with Gasteiger partial charge in [-0.15, -0.1) is 0 Å². The molecule has 0 saturated heterocycles. The maximum absolute atomic E-state index is 11.8. The molecule has 2 amide bonds. The summed E-state index contributed by atoms with van der Waals surface area (Å²) in [5, 5.41) is 5.27. The van der Waals surface area contributed by atoms with Crippen molar-refractivity contribution in [3.63, 3.8) is 0 Å². The highest BCUT2D eigenvalue weighted by atomic mass is 16.5. The van der Waals surface area contributed by atoms with Crippen molar-refractivity contribution in [3.8, 4) is 11.5 Å². The van der Waals surface area contributed by atoms with Crippen molar-refractivity contribution in [1.82, 2.24) is 10.6 Å². The Labute approximate surface area is 142 Å². The number of methoxy groups -OCH3 is 1. The number of nitrogens with two attached hydrogens (primary N) is 1. The van der Waals surface area contributed by atoms with Gasteiger partial charge in [0.2, 0.25) is 11.8 Å². The van der Waals surface area contributed by atoms with Crippen LogP contribution in [0.1, 0.15) is 26.3 Å². The Hall–Kier alpha value is -2.28. The van der Waals surface area contributed by atoms with Gasteiger partial charge in [0, 0.05) is 6.54 Å². The molecule has 0 unspecified atom stereocenters. The second-order valence-corrected chi connectivity index (χ2v) is 5.68. The van der Waals surface area contributed by atoms with Crippen molar-refractivity contribution in [1.29, 1.82) is 0 Å². The van der Waals surface area contributed by atoms with E-state index in [-0.39, 0.29) is 24.3 Å². The lowest BCUT2D eigenvalue weighted by Crippen LogP contribution is -2.47. The molecule has 1 aromatic rings. The molecule has 0 aliphatic heterocycles. The molecule has 0 aliphatic carbocycles. The average Bonchev–Trinajstić information content (AvgIpc) is 2.57. The minimum absolute atomic E-state index is 0.0179. The van der Waals surface area contributed by atoms with Crippen LogP contribution < -0.4 is 25.8 Å². The summed E-state index contributed by atoms with van der Waals surface area (Å²) < 4.78 is 10.7. The molecule has 1 atom stereocenters. The Bertz CT molecular complexity index is 561. The zero-order chi connectivity index (χ0) is 18.1. The number of hydrogen-bond acceptors (Lipinski definition) is 5. The van der Waals surface area contributed by atoms with Gasteiger partial charge in [0.1, 0.15) is 0 Å². The van der Waals surface area contributed by atoms with E-state index in [2.05, 4.69) is 10.6 Å². The molecular formula is C17H27N3O4. The van der Waals surface area contributed by atoms with Gasteiger partial charge in [-0.2, -0.15) is 0 Å². The summed E-state index contributed by atoms with van der Waals surface area (Å²) in [6, 6.07) is 4.83. The lowest BCUT2D eigenvalue weighted by atomic mass is 10.1. The van der Waals surface area contributed by atoms with Crippen LogP contribution >= 0.6 is 0 Å². The Kier molecular flexibility index (Phi) is 8.05. The first-order valence-electron chi connectivity index (χ1n) is 7.98. The standard InChI is InChI=1S/C17H27N3O4/c1-5-24-14-8-12(6-7-13(14)23-4)9-19-15(21)10-20-17(22)16(18)11(2)3/h6-8,11,16H,5,9-10,18H2,1-4H3,(H,19,21)(H,20,22)/t16-/m0/s1. The minimum atomic E-state index is -0.617. The van der Waals surface area contributed by atoms with Crippen LogP contribution in [0.25, 0.3) is 0 Å². The summed E-state index contributed by atoms with van der Waals surface area (Å²) >= 11 is 0. The second-order valence-electron chi connectivity index (χ2n) is 5.68. The first-order chi connectivity index (χ1) is 11.4. The van der Waals surface area contributed by atoms with E-state index in [4.69, 9.17) is 15.2 Å². The molecule has 7 heteroatoms. The molecule has 134 valence electrons. The van der Waals surface area contributed by atoms with Gasteiger partial charge in [-0.05, 0) is 30.5 Å². The number of benzene rings is 1. The molecular weight excluding hydrogens is 310 g/mol. The van der Waals surface area contributed by atoms with Crippen LogP contribution in [-0.4, -0.2) is 38.1 Å². The number of rotatable bonds is 9. The lowest BCUT2D eigenvalue weighted by Gasteiger charge is -2.15. The zero-order valence-corrected chi connectivity index (χ0v) is 14.7. The van der Waals surface area contributed by atoms with Crippen molar-refractivity contribution >= 4 is 11.8 Å². The van der Waals surface area contributed by atoms with Crippen LogP contribution in [0.4, 0.5) is 0 Å².